The van der Waals surface area contributed by atoms with Gasteiger partial charge in [-0.05, 0) is 32.3 Å². The third-order valence-electron chi connectivity index (χ3n) is 3.54. The van der Waals surface area contributed by atoms with Gasteiger partial charge in [-0.2, -0.15) is 0 Å². The van der Waals surface area contributed by atoms with Crippen LogP contribution in [-0.2, 0) is 4.79 Å². The lowest BCUT2D eigenvalue weighted by molar-refractivity contribution is -0.111. The molecule has 0 amide bonds. The Morgan fingerprint density at radius 1 is 1.41 bits per heavy atom. The molecule has 1 atom stereocenters. The molecule has 1 unspecified atom stereocenters. The van der Waals surface area contributed by atoms with Gasteiger partial charge in [-0.1, -0.05) is 0 Å². The maximum atomic E-state index is 12.1. The van der Waals surface area contributed by atoms with Crippen LogP contribution in [0.3, 0.4) is 0 Å². The quantitative estimate of drug-likeness (QED) is 0.606. The van der Waals surface area contributed by atoms with Crippen molar-refractivity contribution in [3.8, 4) is 5.88 Å². The number of aryl methyl sites for hydroxylation is 1. The number of hydrogen-bond donors (Lipinski definition) is 2. The van der Waals surface area contributed by atoms with Crippen molar-refractivity contribution in [2.24, 2.45) is 5.73 Å². The van der Waals surface area contributed by atoms with Gasteiger partial charge in [-0.3, -0.25) is 9.59 Å². The first-order valence-corrected chi connectivity index (χ1v) is 7.30. The number of nitrogens with two attached hydrogens (primary N) is 1. The lowest BCUT2D eigenvalue weighted by atomic mass is 9.93. The summed E-state index contributed by atoms with van der Waals surface area (Å²) in [6, 6.07) is 1.79. The molecule has 0 aliphatic heterocycles. The molecule has 0 bridgehead atoms. The zero-order valence-electron chi connectivity index (χ0n) is 13.1. The van der Waals surface area contributed by atoms with E-state index in [9.17, 15) is 9.59 Å². The monoisotopic (exact) mass is 303 g/mol. The number of ether oxygens (including phenoxy) is 1. The number of Topliss-reactive ketones (excluding diaryl/α,β-unsaturated/α-hetero) is 1. The maximum absolute atomic E-state index is 12.1. The Kier molecular flexibility index (Phi) is 4.92. The van der Waals surface area contributed by atoms with Crippen molar-refractivity contribution in [3.63, 3.8) is 0 Å². The van der Waals surface area contributed by atoms with Crippen molar-refractivity contribution in [3.05, 3.63) is 29.0 Å². The van der Waals surface area contributed by atoms with Crippen LogP contribution in [0.25, 0.3) is 5.70 Å². The lowest BCUT2D eigenvalue weighted by Gasteiger charge is -2.19. The lowest BCUT2D eigenvalue weighted by Crippen LogP contribution is -2.27. The number of pyridine rings is 1. The number of allylic oxidation sites excluding steroid dienone is 1. The topological polar surface area (TPSA) is 94.3 Å². The van der Waals surface area contributed by atoms with Crippen LogP contribution in [0, 0.1) is 6.92 Å². The molecule has 0 radical (unpaired) electrons. The molecule has 6 nitrogen and oxygen atoms in total. The largest absolute Gasteiger partial charge is 0.481 e. The Hall–Kier alpha value is -2.21. The molecule has 0 aromatic carbocycles. The summed E-state index contributed by atoms with van der Waals surface area (Å²) in [5.41, 5.74) is 7.79. The molecule has 0 saturated carbocycles. The van der Waals surface area contributed by atoms with Gasteiger partial charge < -0.3 is 15.8 Å². The molecule has 1 aliphatic carbocycles. The van der Waals surface area contributed by atoms with Gasteiger partial charge >= 0.3 is 0 Å². The second-order valence-electron chi connectivity index (χ2n) is 5.50. The third kappa shape index (κ3) is 3.33. The fourth-order valence-corrected chi connectivity index (χ4v) is 2.40. The summed E-state index contributed by atoms with van der Waals surface area (Å²) < 4.78 is 5.15. The molecule has 1 heterocycles. The SMILES string of the molecule is COc1cc(C)c2c(n1)C(NCCCC(C)N)=CC(=O)C2=O. The number of ketones is 2. The zero-order valence-corrected chi connectivity index (χ0v) is 13.1. The molecular formula is C16H21N3O3. The van der Waals surface area contributed by atoms with Gasteiger partial charge in [0.05, 0.1) is 18.4 Å². The summed E-state index contributed by atoms with van der Waals surface area (Å²) in [7, 11) is 1.52. The Balaban J connectivity index is 2.28. The first kappa shape index (κ1) is 16.2. The summed E-state index contributed by atoms with van der Waals surface area (Å²) in [5.74, 6) is -0.636. The van der Waals surface area contributed by atoms with Crippen molar-refractivity contribution in [2.45, 2.75) is 32.7 Å². The fraction of sp³-hybridized carbons (Fsp3) is 0.438. The van der Waals surface area contributed by atoms with Gasteiger partial charge in [-0.25, -0.2) is 4.98 Å². The van der Waals surface area contributed by atoms with Gasteiger partial charge in [0.25, 0.3) is 0 Å². The first-order valence-electron chi connectivity index (χ1n) is 7.30. The second-order valence-corrected chi connectivity index (χ2v) is 5.50. The minimum Gasteiger partial charge on any atom is -0.481 e. The van der Waals surface area contributed by atoms with Crippen LogP contribution in [0.5, 0.6) is 5.88 Å². The molecule has 1 aliphatic rings. The predicted molar refractivity (Wildman–Crippen MR) is 83.7 cm³/mol. The number of hydrogen-bond acceptors (Lipinski definition) is 6. The van der Waals surface area contributed by atoms with Gasteiger partial charge in [0, 0.05) is 24.7 Å². The van der Waals surface area contributed by atoms with Crippen LogP contribution >= 0.6 is 0 Å². The highest BCUT2D eigenvalue weighted by molar-refractivity contribution is 6.50. The highest BCUT2D eigenvalue weighted by Gasteiger charge is 2.29. The van der Waals surface area contributed by atoms with Crippen molar-refractivity contribution in [1.29, 1.82) is 0 Å². The van der Waals surface area contributed by atoms with Crippen molar-refractivity contribution in [2.75, 3.05) is 13.7 Å². The Morgan fingerprint density at radius 2 is 2.14 bits per heavy atom. The number of carbonyl (C=O) groups excluding carboxylic acids is 2. The predicted octanol–water partition coefficient (Wildman–Crippen LogP) is 1.22. The van der Waals surface area contributed by atoms with Crippen LogP contribution in [-0.4, -0.2) is 36.2 Å². The zero-order chi connectivity index (χ0) is 16.3. The summed E-state index contributed by atoms with van der Waals surface area (Å²) in [4.78, 5) is 28.3. The molecular weight excluding hydrogens is 282 g/mol. The molecule has 1 aromatic rings. The first-order chi connectivity index (χ1) is 10.4. The van der Waals surface area contributed by atoms with Crippen molar-refractivity contribution >= 4 is 17.3 Å². The minimum atomic E-state index is -0.530. The van der Waals surface area contributed by atoms with E-state index in [2.05, 4.69) is 10.3 Å². The maximum Gasteiger partial charge on any atom is 0.235 e. The van der Waals surface area contributed by atoms with Crippen LogP contribution in [0.4, 0.5) is 0 Å². The second kappa shape index (κ2) is 6.70. The summed E-state index contributed by atoms with van der Waals surface area (Å²) in [6.07, 6.45) is 3.06. The molecule has 6 heteroatoms. The van der Waals surface area contributed by atoms with Crippen molar-refractivity contribution in [1.82, 2.24) is 10.3 Å². The number of methoxy groups -OCH3 is 1. The fourth-order valence-electron chi connectivity index (χ4n) is 2.40. The summed E-state index contributed by atoms with van der Waals surface area (Å²) >= 11 is 0. The standard InChI is InChI=1S/C16H21N3O3/c1-9-7-13(22-3)19-15-11(18-6-4-5-10(2)17)8-12(20)16(21)14(9)15/h7-8,10,18H,4-6,17H2,1-3H3. The van der Waals surface area contributed by atoms with Gasteiger partial charge in [-0.15, -0.1) is 0 Å². The molecule has 1 aromatic heterocycles. The number of fused-ring (bicyclic) bond motifs is 1. The van der Waals surface area contributed by atoms with E-state index in [4.69, 9.17) is 10.5 Å². The number of carbonyl (C=O) groups is 2. The van der Waals surface area contributed by atoms with E-state index >= 15 is 0 Å². The molecule has 2 rings (SSSR count). The Morgan fingerprint density at radius 3 is 2.77 bits per heavy atom. The summed E-state index contributed by atoms with van der Waals surface area (Å²) in [6.45, 7) is 4.38. The molecule has 0 fully saturated rings. The molecule has 22 heavy (non-hydrogen) atoms. The summed E-state index contributed by atoms with van der Waals surface area (Å²) in [5, 5.41) is 3.18. The smallest absolute Gasteiger partial charge is 0.235 e. The Labute approximate surface area is 129 Å². The van der Waals surface area contributed by atoms with Gasteiger partial charge in [0.15, 0.2) is 0 Å². The van der Waals surface area contributed by atoms with E-state index in [1.807, 2.05) is 6.92 Å². The highest BCUT2D eigenvalue weighted by Crippen LogP contribution is 2.27. The number of nitrogens with zero attached hydrogens (tertiary/aromatic N) is 1. The normalized spacial score (nSPS) is 15.2. The Bertz CT molecular complexity index is 636. The van der Waals surface area contributed by atoms with Crippen LogP contribution in [0.1, 0.15) is 41.4 Å². The third-order valence-corrected chi connectivity index (χ3v) is 3.54. The minimum absolute atomic E-state index is 0.137. The van der Waals surface area contributed by atoms with E-state index in [0.29, 0.717) is 34.9 Å². The van der Waals surface area contributed by atoms with E-state index in [-0.39, 0.29) is 6.04 Å². The average molecular weight is 303 g/mol. The van der Waals surface area contributed by atoms with Crippen molar-refractivity contribution < 1.29 is 14.3 Å². The molecule has 118 valence electrons. The number of aromatic nitrogens is 1. The van der Waals surface area contributed by atoms with Crippen LogP contribution < -0.4 is 15.8 Å². The van der Waals surface area contributed by atoms with Gasteiger partial charge in [0.1, 0.15) is 5.69 Å². The average Bonchev–Trinajstić information content (AvgIpc) is 2.47. The van der Waals surface area contributed by atoms with E-state index in [1.165, 1.54) is 13.2 Å². The number of rotatable bonds is 6. The molecule has 0 spiro atoms. The van der Waals surface area contributed by atoms with E-state index < -0.39 is 11.6 Å². The molecule has 0 saturated heterocycles. The van der Waals surface area contributed by atoms with Crippen LogP contribution in [0.2, 0.25) is 0 Å². The highest BCUT2D eigenvalue weighted by atomic mass is 16.5. The molecule has 3 N–H and O–H groups in total. The van der Waals surface area contributed by atoms with Gasteiger partial charge in [0.2, 0.25) is 17.4 Å². The van der Waals surface area contributed by atoms with E-state index in [0.717, 1.165) is 12.8 Å². The van der Waals surface area contributed by atoms with E-state index in [1.54, 1.807) is 13.0 Å². The van der Waals surface area contributed by atoms with Crippen LogP contribution in [0.15, 0.2) is 12.1 Å². The number of nitrogens with one attached hydrogen (secondary N) is 1.